The minimum Gasteiger partial charge on any atom is -0.444 e. The number of fused-ring (bicyclic) bond motifs is 3. The van der Waals surface area contributed by atoms with Gasteiger partial charge in [-0.05, 0) is 69.7 Å². The first-order valence-corrected chi connectivity index (χ1v) is 9.36. The van der Waals surface area contributed by atoms with Crippen molar-refractivity contribution in [3.05, 3.63) is 29.3 Å². The first-order valence-electron chi connectivity index (χ1n) is 9.36. The number of anilines is 1. The molecule has 4 rings (SSSR count). The second-order valence-electron chi connectivity index (χ2n) is 8.56. The van der Waals surface area contributed by atoms with E-state index in [0.717, 1.165) is 32.3 Å². The molecule has 3 heterocycles. The fourth-order valence-corrected chi connectivity index (χ4v) is 4.41. The molecule has 1 N–H and O–H groups in total. The Labute approximate surface area is 149 Å². The fourth-order valence-electron chi connectivity index (χ4n) is 4.41. The molecule has 5 heteroatoms. The third-order valence-corrected chi connectivity index (χ3v) is 5.43. The van der Waals surface area contributed by atoms with Crippen molar-refractivity contribution >= 4 is 11.8 Å². The summed E-state index contributed by atoms with van der Waals surface area (Å²) in [6.45, 7) is 7.23. The summed E-state index contributed by atoms with van der Waals surface area (Å²) in [5.41, 5.74) is 3.32. The number of rotatable bonds is 2. The Bertz CT molecular complexity index is 653. The highest BCUT2D eigenvalue weighted by atomic mass is 16.6. The zero-order valence-electron chi connectivity index (χ0n) is 15.4. The molecule has 0 radical (unpaired) electrons. The van der Waals surface area contributed by atoms with E-state index in [2.05, 4.69) is 23.5 Å². The Morgan fingerprint density at radius 2 is 1.84 bits per heavy atom. The maximum atomic E-state index is 12.5. The molecule has 136 valence electrons. The molecule has 2 atom stereocenters. The number of carbonyl (C=O) groups is 1. The van der Waals surface area contributed by atoms with Gasteiger partial charge >= 0.3 is 6.09 Å². The standard InChI is InChI=1S/C20H28N2O3/c1-20(2,3)25-19(23)22-17-6-7-18(22)10-16(9-17)21-15-5-4-13-11-24-12-14(13)8-15/h4-5,8,16-18,21H,6-7,9-12H2,1-3H3/t17-,18-/m1/s1. The van der Waals surface area contributed by atoms with E-state index in [-0.39, 0.29) is 6.09 Å². The van der Waals surface area contributed by atoms with Crippen molar-refractivity contribution in [3.63, 3.8) is 0 Å². The molecule has 0 unspecified atom stereocenters. The Balaban J connectivity index is 1.40. The van der Waals surface area contributed by atoms with Gasteiger partial charge in [-0.3, -0.25) is 0 Å². The zero-order chi connectivity index (χ0) is 17.6. The monoisotopic (exact) mass is 344 g/mol. The average Bonchev–Trinajstić information content (AvgIpc) is 3.08. The van der Waals surface area contributed by atoms with Crippen molar-refractivity contribution in [1.82, 2.24) is 4.90 Å². The van der Waals surface area contributed by atoms with Gasteiger partial charge in [0.05, 0.1) is 13.2 Å². The molecule has 0 aromatic heterocycles. The van der Waals surface area contributed by atoms with Gasteiger partial charge in [0.1, 0.15) is 5.60 Å². The van der Waals surface area contributed by atoms with Crippen LogP contribution in [0.1, 0.15) is 57.6 Å². The van der Waals surface area contributed by atoms with Gasteiger partial charge in [0, 0.05) is 23.8 Å². The lowest BCUT2D eigenvalue weighted by molar-refractivity contribution is 0.00684. The minimum absolute atomic E-state index is 0.145. The predicted octanol–water partition coefficient (Wildman–Crippen LogP) is 4.06. The number of hydrogen-bond acceptors (Lipinski definition) is 4. The molecule has 3 aliphatic heterocycles. The average molecular weight is 344 g/mol. The van der Waals surface area contributed by atoms with Crippen molar-refractivity contribution in [3.8, 4) is 0 Å². The molecule has 0 aliphatic carbocycles. The lowest BCUT2D eigenvalue weighted by Gasteiger charge is -2.40. The molecule has 1 amide bonds. The van der Waals surface area contributed by atoms with Crippen LogP contribution in [0.15, 0.2) is 18.2 Å². The minimum atomic E-state index is -0.432. The van der Waals surface area contributed by atoms with Gasteiger partial charge in [-0.15, -0.1) is 0 Å². The normalized spacial score (nSPS) is 28.0. The lowest BCUT2D eigenvalue weighted by atomic mass is 9.97. The van der Waals surface area contributed by atoms with Gasteiger partial charge in [-0.1, -0.05) is 6.07 Å². The number of ether oxygens (including phenoxy) is 2. The molecule has 25 heavy (non-hydrogen) atoms. The number of piperidine rings is 1. The lowest BCUT2D eigenvalue weighted by Crippen LogP contribution is -2.51. The van der Waals surface area contributed by atoms with Crippen LogP contribution in [0.2, 0.25) is 0 Å². The van der Waals surface area contributed by atoms with Crippen LogP contribution in [0.5, 0.6) is 0 Å². The molecule has 2 bridgehead atoms. The Morgan fingerprint density at radius 3 is 2.52 bits per heavy atom. The summed E-state index contributed by atoms with van der Waals surface area (Å²) in [6.07, 6.45) is 4.00. The Kier molecular flexibility index (Phi) is 4.14. The van der Waals surface area contributed by atoms with Crippen molar-refractivity contribution in [2.45, 2.75) is 83.4 Å². The van der Waals surface area contributed by atoms with E-state index in [0.29, 0.717) is 24.7 Å². The highest BCUT2D eigenvalue weighted by Crippen LogP contribution is 2.38. The van der Waals surface area contributed by atoms with Crippen LogP contribution in [-0.4, -0.2) is 34.7 Å². The number of nitrogens with one attached hydrogen (secondary N) is 1. The quantitative estimate of drug-likeness (QED) is 0.879. The van der Waals surface area contributed by atoms with E-state index in [1.807, 2.05) is 25.7 Å². The summed E-state index contributed by atoms with van der Waals surface area (Å²) in [7, 11) is 0. The molecular formula is C20H28N2O3. The topological polar surface area (TPSA) is 50.8 Å². The van der Waals surface area contributed by atoms with E-state index < -0.39 is 5.60 Å². The molecular weight excluding hydrogens is 316 g/mol. The molecule has 2 saturated heterocycles. The van der Waals surface area contributed by atoms with Crippen LogP contribution in [0.25, 0.3) is 0 Å². The maximum absolute atomic E-state index is 12.5. The summed E-state index contributed by atoms with van der Waals surface area (Å²) in [4.78, 5) is 14.5. The second-order valence-corrected chi connectivity index (χ2v) is 8.56. The third kappa shape index (κ3) is 3.47. The number of benzene rings is 1. The molecule has 1 aromatic carbocycles. The van der Waals surface area contributed by atoms with Crippen LogP contribution in [-0.2, 0) is 22.7 Å². The Hall–Kier alpha value is -1.75. The van der Waals surface area contributed by atoms with Gasteiger partial charge in [0.25, 0.3) is 0 Å². The molecule has 2 fully saturated rings. The maximum Gasteiger partial charge on any atom is 0.410 e. The van der Waals surface area contributed by atoms with Crippen molar-refractivity contribution in [1.29, 1.82) is 0 Å². The van der Waals surface area contributed by atoms with Gasteiger partial charge in [-0.2, -0.15) is 0 Å². The van der Waals surface area contributed by atoms with Gasteiger partial charge in [0.2, 0.25) is 0 Å². The van der Waals surface area contributed by atoms with E-state index >= 15 is 0 Å². The molecule has 5 nitrogen and oxygen atoms in total. The number of nitrogens with zero attached hydrogens (tertiary/aromatic N) is 1. The van der Waals surface area contributed by atoms with E-state index in [4.69, 9.17) is 9.47 Å². The molecule has 0 spiro atoms. The smallest absolute Gasteiger partial charge is 0.410 e. The molecule has 1 aromatic rings. The first-order chi connectivity index (χ1) is 11.9. The van der Waals surface area contributed by atoms with E-state index in [1.54, 1.807) is 0 Å². The predicted molar refractivity (Wildman–Crippen MR) is 96.5 cm³/mol. The van der Waals surface area contributed by atoms with Crippen molar-refractivity contribution < 1.29 is 14.3 Å². The van der Waals surface area contributed by atoms with Crippen LogP contribution < -0.4 is 5.32 Å². The number of hydrogen-bond donors (Lipinski definition) is 1. The van der Waals surface area contributed by atoms with Crippen LogP contribution in [0, 0.1) is 0 Å². The zero-order valence-corrected chi connectivity index (χ0v) is 15.4. The van der Waals surface area contributed by atoms with Crippen LogP contribution in [0.3, 0.4) is 0 Å². The van der Waals surface area contributed by atoms with Gasteiger partial charge in [-0.25, -0.2) is 4.79 Å². The van der Waals surface area contributed by atoms with Gasteiger partial charge < -0.3 is 19.7 Å². The largest absolute Gasteiger partial charge is 0.444 e. The third-order valence-electron chi connectivity index (χ3n) is 5.43. The first kappa shape index (κ1) is 16.7. The van der Waals surface area contributed by atoms with Crippen LogP contribution >= 0.6 is 0 Å². The SMILES string of the molecule is CC(C)(C)OC(=O)N1[C@@H]2CC[C@@H]1CC(Nc1ccc3c(c1)COC3)C2. The van der Waals surface area contributed by atoms with Crippen molar-refractivity contribution in [2.24, 2.45) is 0 Å². The summed E-state index contributed by atoms with van der Waals surface area (Å²) in [5.74, 6) is 0. The number of amides is 1. The Morgan fingerprint density at radius 1 is 1.16 bits per heavy atom. The second kappa shape index (κ2) is 6.20. The van der Waals surface area contributed by atoms with E-state index in [9.17, 15) is 4.79 Å². The highest BCUT2D eigenvalue weighted by Gasteiger charge is 2.44. The van der Waals surface area contributed by atoms with Gasteiger partial charge in [0.15, 0.2) is 0 Å². The fraction of sp³-hybridized carbons (Fsp3) is 0.650. The summed E-state index contributed by atoms with van der Waals surface area (Å²) < 4.78 is 11.1. The summed E-state index contributed by atoms with van der Waals surface area (Å²) >= 11 is 0. The van der Waals surface area contributed by atoms with Crippen molar-refractivity contribution in [2.75, 3.05) is 5.32 Å². The number of carbonyl (C=O) groups excluding carboxylic acids is 1. The van der Waals surface area contributed by atoms with Crippen LogP contribution in [0.4, 0.5) is 10.5 Å². The summed E-state index contributed by atoms with van der Waals surface area (Å²) in [6, 6.07) is 7.53. The molecule has 0 saturated carbocycles. The van der Waals surface area contributed by atoms with E-state index in [1.165, 1.54) is 16.8 Å². The summed E-state index contributed by atoms with van der Waals surface area (Å²) in [5, 5.41) is 3.68. The highest BCUT2D eigenvalue weighted by molar-refractivity contribution is 5.69. The molecule has 3 aliphatic rings.